The lowest BCUT2D eigenvalue weighted by atomic mass is 9.74. The first-order valence-electron chi connectivity index (χ1n) is 46.6. The smallest absolute Gasteiger partial charge is 0.350 e. The number of amides is 2. The van der Waals surface area contributed by atoms with E-state index in [1.807, 2.05) is 110 Å². The lowest BCUT2D eigenvalue weighted by molar-refractivity contribution is -0.148. The normalized spacial score (nSPS) is 13.7. The molecule has 0 aromatic heterocycles. The number of carbonyl (C=O) groups is 10. The van der Waals surface area contributed by atoms with Gasteiger partial charge in [0.2, 0.25) is 25.6 Å². The molecule has 1 aliphatic heterocycles. The van der Waals surface area contributed by atoms with Crippen molar-refractivity contribution in [1.82, 2.24) is 44.9 Å². The maximum Gasteiger partial charge on any atom is 0.350 e. The summed E-state index contributed by atoms with van der Waals surface area (Å²) in [7, 11) is 9.25. The molecular formula is C107H152N12O21S2. The summed E-state index contributed by atoms with van der Waals surface area (Å²) in [5, 5.41) is 32.1. The number of nitrogens with zero attached hydrogens (tertiary/aromatic N) is 10. The second-order valence-electron chi connectivity index (χ2n) is 33.9. The van der Waals surface area contributed by atoms with Crippen LogP contribution in [-0.4, -0.2) is 266 Å². The van der Waals surface area contributed by atoms with Gasteiger partial charge in [-0.3, -0.25) is 24.0 Å². The van der Waals surface area contributed by atoms with E-state index in [0.717, 1.165) is 57.4 Å². The van der Waals surface area contributed by atoms with Gasteiger partial charge in [0.05, 0.1) is 55.0 Å². The van der Waals surface area contributed by atoms with Crippen LogP contribution in [-0.2, 0) is 113 Å². The van der Waals surface area contributed by atoms with E-state index < -0.39 is 55.5 Å². The van der Waals surface area contributed by atoms with Crippen LogP contribution in [0.15, 0.2) is 261 Å². The number of benzene rings is 3. The Kier molecular flexibility index (Phi) is 67.9. The summed E-state index contributed by atoms with van der Waals surface area (Å²) in [6, 6.07) is 29.9. The molecule has 3 aromatic rings. The monoisotopic (exact) mass is 2010 g/mol. The molecule has 778 valence electrons. The highest BCUT2D eigenvalue weighted by Crippen LogP contribution is 2.34. The summed E-state index contributed by atoms with van der Waals surface area (Å²) in [6.45, 7) is 35.2. The lowest BCUT2D eigenvalue weighted by Gasteiger charge is -2.28. The number of nitriles is 3. The van der Waals surface area contributed by atoms with Gasteiger partial charge in [0.1, 0.15) is 53.7 Å². The Balaban J connectivity index is 0. The second-order valence-corrected chi connectivity index (χ2v) is 37.9. The fraction of sp³-hybridized carbons (Fsp3) is 0.449. The van der Waals surface area contributed by atoms with E-state index in [4.69, 9.17) is 34.2 Å². The average molecular weight is 2010 g/mol. The van der Waals surface area contributed by atoms with E-state index >= 15 is 0 Å². The number of hydrogen-bond donors (Lipinski definition) is 2. The molecule has 0 bridgehead atoms. The molecule has 1 aliphatic carbocycles. The molecule has 3 aromatic carbocycles. The third-order valence-corrected chi connectivity index (χ3v) is 22.8. The first kappa shape index (κ1) is 130. The maximum absolute atomic E-state index is 12.5. The number of ketones is 2. The Hall–Kier alpha value is -14.0. The van der Waals surface area contributed by atoms with E-state index in [9.17, 15) is 70.0 Å². The van der Waals surface area contributed by atoms with Crippen LogP contribution in [0.5, 0.6) is 0 Å². The van der Waals surface area contributed by atoms with Gasteiger partial charge in [-0.2, -0.15) is 15.8 Å². The van der Waals surface area contributed by atoms with Crippen molar-refractivity contribution in [2.24, 2.45) is 11.3 Å². The molecule has 2 fully saturated rings. The van der Waals surface area contributed by atoms with Crippen LogP contribution in [0.1, 0.15) is 154 Å². The standard InChI is InChI=1S/C21H27N3O2.C21H36N2O5.C15H19NO4S.C15H21NO2S.C13H19NO2.C12H16N2O4.C10H14N2O2/c1-21(2,3)19-8-6-17(7-9-19)16-23-20(25)18(15-22)5-4-10-24-11-13-26-14-12-24;1-6-9-11-18(7-2)16-28-21(26)19(20(25)27-8-3)12-10-14-23(5)15-13-22-17(4)24;1-4-20-15(17)14(11-8-12-16(2)3)21(18,19)13-9-6-5-7-10-13;1-4-16(5-2)13-9-10-14(3)19(17,18)15-11-7-6-8-12-15;1-13(2)8-11(15)10(12(16)9-13)6-5-7-14(3)4;1-10(15)17-7-8-18-12(16)11(9-13)5-4-6-14(2)3;1-4-14-10(13)9(8-11)6-5-7-12(2)3/h4-10H,11-14,16H2,1-3H3,(H,23,25);10,12,14,18H,6-9,11,13,15-16H2,1-5H3,(H,22,24);5-12H,4H2,1-3H3;6-13H,4-5H2,1-3H3;5-7H,8-9H2,1-4H3;4-6H,7-8H2,1-3H3;5-7H,4H2,1-3H3. The maximum atomic E-state index is 12.5. The van der Waals surface area contributed by atoms with Gasteiger partial charge < -0.3 is 78.1 Å². The fourth-order valence-electron chi connectivity index (χ4n) is 11.3. The number of Topliss-reactive ketones (excluding diaryl/α,β-unsaturated/α-hetero) is 2. The number of esters is 6. The molecule has 5 rings (SSSR count). The Morgan fingerprint density at radius 3 is 1.44 bits per heavy atom. The predicted octanol–water partition coefficient (Wildman–Crippen LogP) is 14.6. The highest BCUT2D eigenvalue weighted by Gasteiger charge is 2.35. The number of carbonyl (C=O) groups excluding carboxylic acids is 10. The highest BCUT2D eigenvalue weighted by molar-refractivity contribution is 7.96. The number of hydrogen-bond acceptors (Lipinski definition) is 31. The second kappa shape index (κ2) is 74.1. The molecule has 142 heavy (non-hydrogen) atoms. The van der Waals surface area contributed by atoms with Crippen LogP contribution in [0.3, 0.4) is 0 Å². The van der Waals surface area contributed by atoms with Crippen molar-refractivity contribution >= 4 is 78.9 Å². The molecule has 2 aliphatic rings. The minimum Gasteiger partial charge on any atom is -0.462 e. The third-order valence-electron chi connectivity index (χ3n) is 19.2. The van der Waals surface area contributed by atoms with E-state index in [2.05, 4.69) is 90.5 Å². The fourth-order valence-corrected chi connectivity index (χ4v) is 13.8. The molecule has 2 amide bonds. The van der Waals surface area contributed by atoms with Crippen LogP contribution in [0.2, 0.25) is 0 Å². The minimum absolute atomic E-state index is 0.00458. The van der Waals surface area contributed by atoms with Crippen LogP contribution in [0.4, 0.5) is 0 Å². The Morgan fingerprint density at radius 1 is 0.521 bits per heavy atom. The molecule has 1 saturated carbocycles. The average Bonchev–Trinajstić information content (AvgIpc) is 0.801. The first-order valence-corrected chi connectivity index (χ1v) is 49.6. The van der Waals surface area contributed by atoms with E-state index in [0.29, 0.717) is 73.6 Å². The Bertz CT molecular complexity index is 5230. The number of nitrogens with one attached hydrogen (secondary N) is 2. The molecule has 1 heterocycles. The van der Waals surface area contributed by atoms with Gasteiger partial charge in [-0.15, -0.1) is 0 Å². The highest BCUT2D eigenvalue weighted by atomic mass is 32.2. The van der Waals surface area contributed by atoms with E-state index in [1.54, 1.807) is 197 Å². The quantitative estimate of drug-likeness (QED) is 0.00776. The molecule has 1 unspecified atom stereocenters. The Labute approximate surface area is 844 Å². The first-order chi connectivity index (χ1) is 67.1. The van der Waals surface area contributed by atoms with E-state index in [-0.39, 0.29) is 99.3 Å². The molecule has 1 saturated heterocycles. The summed E-state index contributed by atoms with van der Waals surface area (Å²) in [4.78, 5) is 129. The van der Waals surface area contributed by atoms with Crippen LogP contribution in [0.25, 0.3) is 0 Å². The van der Waals surface area contributed by atoms with Crippen molar-refractivity contribution < 1.29 is 97.9 Å². The summed E-state index contributed by atoms with van der Waals surface area (Å²) in [5.41, 5.74) is 2.38. The molecule has 2 N–H and O–H groups in total. The molecular weight excluding hydrogens is 1850 g/mol. The molecule has 33 nitrogen and oxygen atoms in total. The van der Waals surface area contributed by atoms with Crippen molar-refractivity contribution in [3.05, 3.63) is 262 Å². The zero-order valence-corrected chi connectivity index (χ0v) is 89.1. The van der Waals surface area contributed by atoms with Gasteiger partial charge in [0, 0.05) is 141 Å². The number of morpholine rings is 1. The van der Waals surface area contributed by atoms with Crippen molar-refractivity contribution in [2.45, 2.75) is 164 Å². The Morgan fingerprint density at radius 2 is 0.972 bits per heavy atom. The van der Waals surface area contributed by atoms with Crippen LogP contribution >= 0.6 is 0 Å². The number of ether oxygens (including phenoxy) is 7. The van der Waals surface area contributed by atoms with Gasteiger partial charge in [-0.05, 0) is 229 Å². The van der Waals surface area contributed by atoms with Gasteiger partial charge >= 0.3 is 35.8 Å². The van der Waals surface area contributed by atoms with Gasteiger partial charge in [0.15, 0.2) is 16.5 Å². The molecule has 0 spiro atoms. The topological polar surface area (TPSA) is 422 Å². The van der Waals surface area contributed by atoms with Gasteiger partial charge in [-0.25, -0.2) is 40.8 Å². The third kappa shape index (κ3) is 59.5. The van der Waals surface area contributed by atoms with Crippen LogP contribution in [0, 0.1) is 45.3 Å². The van der Waals surface area contributed by atoms with Crippen molar-refractivity contribution in [1.29, 1.82) is 15.8 Å². The summed E-state index contributed by atoms with van der Waals surface area (Å²) >= 11 is 0. The van der Waals surface area contributed by atoms with Crippen molar-refractivity contribution in [3.8, 4) is 18.2 Å². The number of rotatable bonds is 43. The van der Waals surface area contributed by atoms with Crippen molar-refractivity contribution in [2.75, 3.05) is 156 Å². The number of likely N-dealkylation sites (N-methyl/N-ethyl adjacent to an activating group) is 1. The summed E-state index contributed by atoms with van der Waals surface area (Å²) < 4.78 is 83.9. The summed E-state index contributed by atoms with van der Waals surface area (Å²) in [5.74, 6) is -4.23. The summed E-state index contributed by atoms with van der Waals surface area (Å²) in [6.07, 6.45) is 39.2. The minimum atomic E-state index is -3.90. The zero-order valence-electron chi connectivity index (χ0n) is 87.5. The van der Waals surface area contributed by atoms with Gasteiger partial charge in [0.25, 0.3) is 5.91 Å². The number of sulfone groups is 2. The zero-order chi connectivity index (χ0) is 108. The van der Waals surface area contributed by atoms with E-state index in [1.165, 1.54) is 61.9 Å². The van der Waals surface area contributed by atoms with Crippen molar-refractivity contribution in [3.63, 3.8) is 0 Å². The SMILES string of the molecule is CC(=O)OCCOC(=O)C(C#N)=CC=CN(C)C.CC(C)(C)c1ccc(CNC(=O)C(C#N)=CC=CN2CCOCC2)cc1.CCCCC(CC)COC(=O)C(=CC=CN(C)CCNC(C)=O)C(=O)OCC.CCN(C=CC=C(C)S(=O)(=O)c1ccccc1)CC.CCOC(=O)C(=CC=CN(C)C)S(=O)(=O)c1ccccc1.CCOC(=O)C(C#N)=CC=CN(C)C.CN(C)C=CC=C1C(=O)CC(C)(C)CC1=O. The molecule has 1 atom stereocenters. The van der Waals surface area contributed by atoms with Crippen LogP contribution < -0.4 is 10.6 Å². The predicted molar refractivity (Wildman–Crippen MR) is 553 cm³/mol. The molecule has 0 radical (unpaired) electrons. The number of unbranched alkanes of at least 4 members (excludes halogenated alkanes) is 1. The molecule has 35 heteroatoms. The number of allylic oxidation sites excluding steroid dienone is 16. The largest absolute Gasteiger partial charge is 0.462 e. The lowest BCUT2D eigenvalue weighted by Crippen LogP contribution is -2.31. The van der Waals surface area contributed by atoms with Gasteiger partial charge in [-0.1, -0.05) is 128 Å².